The van der Waals surface area contributed by atoms with E-state index in [4.69, 9.17) is 9.47 Å². The molecule has 168 valence electrons. The highest BCUT2D eigenvalue weighted by atomic mass is 32.2. The molecule has 0 fully saturated rings. The van der Waals surface area contributed by atoms with Gasteiger partial charge < -0.3 is 14.8 Å². The predicted molar refractivity (Wildman–Crippen MR) is 107 cm³/mol. The third-order valence-corrected chi connectivity index (χ3v) is 5.33. The van der Waals surface area contributed by atoms with Crippen molar-refractivity contribution in [3.05, 3.63) is 59.7 Å². The summed E-state index contributed by atoms with van der Waals surface area (Å²) < 4.78 is 62.3. The molecule has 0 bridgehead atoms. The number of halogens is 2. The van der Waals surface area contributed by atoms with Gasteiger partial charge in [0.1, 0.15) is 12.4 Å². The smallest absolute Gasteiger partial charge is 0.307 e. The lowest BCUT2D eigenvalue weighted by atomic mass is 10.2. The lowest BCUT2D eigenvalue weighted by Gasteiger charge is -2.09. The van der Waals surface area contributed by atoms with Gasteiger partial charge in [0.05, 0.1) is 17.9 Å². The molecule has 0 saturated heterocycles. The molecule has 8 nitrogen and oxygen atoms in total. The van der Waals surface area contributed by atoms with Gasteiger partial charge in [-0.25, -0.2) is 21.9 Å². The van der Waals surface area contributed by atoms with Crippen LogP contribution in [0.4, 0.5) is 8.78 Å². The minimum Gasteiger partial charge on any atom is -0.492 e. The maximum absolute atomic E-state index is 13.2. The zero-order chi connectivity index (χ0) is 22.9. The van der Waals surface area contributed by atoms with Crippen molar-refractivity contribution in [3.8, 4) is 5.75 Å². The molecule has 0 spiro atoms. The van der Waals surface area contributed by atoms with Crippen molar-refractivity contribution in [1.29, 1.82) is 0 Å². The number of nitrogens with one attached hydrogen (secondary N) is 2. The number of sulfonamides is 1. The van der Waals surface area contributed by atoms with Gasteiger partial charge >= 0.3 is 5.97 Å². The zero-order valence-corrected chi connectivity index (χ0v) is 17.5. The van der Waals surface area contributed by atoms with Gasteiger partial charge in [-0.05, 0) is 42.8 Å². The molecule has 0 saturated carbocycles. The minimum absolute atomic E-state index is 0.207. The van der Waals surface area contributed by atoms with Gasteiger partial charge in [0.15, 0.2) is 18.2 Å². The highest BCUT2D eigenvalue weighted by molar-refractivity contribution is 7.89. The second kappa shape index (κ2) is 11.4. The Morgan fingerprint density at radius 2 is 1.81 bits per heavy atom. The number of hydrogen-bond donors (Lipinski definition) is 2. The van der Waals surface area contributed by atoms with Gasteiger partial charge in [-0.3, -0.25) is 9.59 Å². The molecule has 2 aromatic rings. The summed E-state index contributed by atoms with van der Waals surface area (Å²) in [5, 5.41) is 2.52. The Morgan fingerprint density at radius 1 is 1.03 bits per heavy atom. The fraction of sp³-hybridized carbons (Fsp3) is 0.300. The average Bonchev–Trinajstić information content (AvgIpc) is 2.71. The summed E-state index contributed by atoms with van der Waals surface area (Å²) in [5.41, 5.74) is 1.04. The normalized spacial score (nSPS) is 11.1. The van der Waals surface area contributed by atoms with E-state index >= 15 is 0 Å². The van der Waals surface area contributed by atoms with Crippen LogP contribution in [0.25, 0.3) is 0 Å². The Morgan fingerprint density at radius 3 is 2.52 bits per heavy atom. The second-order valence-electron chi connectivity index (χ2n) is 6.40. The topological polar surface area (TPSA) is 111 Å². The molecule has 2 aromatic carbocycles. The number of rotatable bonds is 11. The van der Waals surface area contributed by atoms with E-state index in [2.05, 4.69) is 10.0 Å². The second-order valence-corrected chi connectivity index (χ2v) is 8.17. The number of aryl methyl sites for hydroxylation is 1. The molecule has 0 atom stereocenters. The minimum atomic E-state index is -4.12. The van der Waals surface area contributed by atoms with Gasteiger partial charge in [-0.1, -0.05) is 12.1 Å². The number of amides is 1. The SMILES string of the molecule is Cc1cccc(OCCNC(=O)COC(=O)CCNS(=O)(=O)c2ccc(F)c(F)c2)c1. The van der Waals surface area contributed by atoms with Crippen LogP contribution in [0.3, 0.4) is 0 Å². The highest BCUT2D eigenvalue weighted by Crippen LogP contribution is 2.13. The molecule has 11 heteroatoms. The summed E-state index contributed by atoms with van der Waals surface area (Å²) in [6.07, 6.45) is -0.355. The van der Waals surface area contributed by atoms with Crippen molar-refractivity contribution in [3.63, 3.8) is 0 Å². The van der Waals surface area contributed by atoms with Crippen molar-refractivity contribution < 1.29 is 36.3 Å². The summed E-state index contributed by atoms with van der Waals surface area (Å²) in [6.45, 7) is 1.50. The first-order valence-corrected chi connectivity index (χ1v) is 10.7. The largest absolute Gasteiger partial charge is 0.492 e. The van der Waals surface area contributed by atoms with Crippen LogP contribution in [-0.2, 0) is 24.3 Å². The van der Waals surface area contributed by atoms with E-state index in [1.54, 1.807) is 6.07 Å². The molecule has 0 aliphatic carbocycles. The van der Waals surface area contributed by atoms with Crippen LogP contribution in [0.2, 0.25) is 0 Å². The summed E-state index contributed by atoms with van der Waals surface area (Å²) in [6, 6.07) is 9.52. The lowest BCUT2D eigenvalue weighted by molar-refractivity contribution is -0.148. The van der Waals surface area contributed by atoms with Crippen molar-refractivity contribution in [2.24, 2.45) is 0 Å². The Bertz CT molecular complexity index is 1030. The molecular weight excluding hydrogens is 434 g/mol. The summed E-state index contributed by atoms with van der Waals surface area (Å²) in [7, 11) is -4.12. The van der Waals surface area contributed by atoms with E-state index in [-0.39, 0.29) is 26.1 Å². The molecule has 0 aromatic heterocycles. The molecule has 0 heterocycles. The maximum Gasteiger partial charge on any atom is 0.307 e. The van der Waals surface area contributed by atoms with E-state index in [0.717, 1.165) is 11.6 Å². The zero-order valence-electron chi connectivity index (χ0n) is 16.7. The van der Waals surface area contributed by atoms with E-state index in [9.17, 15) is 26.8 Å². The molecule has 31 heavy (non-hydrogen) atoms. The lowest BCUT2D eigenvalue weighted by Crippen LogP contribution is -2.32. The monoisotopic (exact) mass is 456 g/mol. The molecule has 1 amide bonds. The molecule has 2 N–H and O–H groups in total. The van der Waals surface area contributed by atoms with Crippen LogP contribution >= 0.6 is 0 Å². The van der Waals surface area contributed by atoms with Crippen molar-refractivity contribution in [2.45, 2.75) is 18.2 Å². The Kier molecular flexibility index (Phi) is 8.88. The summed E-state index contributed by atoms with van der Waals surface area (Å²) in [4.78, 5) is 22.8. The Labute approximate surface area is 178 Å². The van der Waals surface area contributed by atoms with Crippen LogP contribution < -0.4 is 14.8 Å². The van der Waals surface area contributed by atoms with Crippen LogP contribution in [0.5, 0.6) is 5.75 Å². The van der Waals surface area contributed by atoms with Crippen LogP contribution in [0.1, 0.15) is 12.0 Å². The third-order valence-electron chi connectivity index (χ3n) is 3.87. The standard InChI is InChI=1S/C20H22F2N2O6S/c1-14-3-2-4-15(11-14)29-10-9-23-19(25)13-30-20(26)7-8-24-31(27,28)16-5-6-17(21)18(22)12-16/h2-6,11-12,24H,7-10,13H2,1H3,(H,23,25). The van der Waals surface area contributed by atoms with Crippen molar-refractivity contribution >= 4 is 21.9 Å². The number of benzene rings is 2. The Balaban J connectivity index is 1.62. The van der Waals surface area contributed by atoms with Crippen LogP contribution in [0, 0.1) is 18.6 Å². The first-order chi connectivity index (χ1) is 14.7. The molecule has 0 aliphatic heterocycles. The van der Waals surface area contributed by atoms with E-state index < -0.39 is 45.0 Å². The fourth-order valence-corrected chi connectivity index (χ4v) is 3.39. The average molecular weight is 456 g/mol. The van der Waals surface area contributed by atoms with E-state index in [1.165, 1.54) is 0 Å². The number of hydrogen-bond acceptors (Lipinski definition) is 6. The highest BCUT2D eigenvalue weighted by Gasteiger charge is 2.17. The number of carbonyl (C=O) groups is 2. The maximum atomic E-state index is 13.2. The van der Waals surface area contributed by atoms with Crippen molar-refractivity contribution in [1.82, 2.24) is 10.0 Å². The van der Waals surface area contributed by atoms with Gasteiger partial charge in [0.25, 0.3) is 5.91 Å². The molecule has 0 aliphatic rings. The van der Waals surface area contributed by atoms with Gasteiger partial charge in [0, 0.05) is 6.54 Å². The first kappa shape index (κ1) is 24.2. The van der Waals surface area contributed by atoms with E-state index in [0.29, 0.717) is 17.9 Å². The van der Waals surface area contributed by atoms with Gasteiger partial charge in [-0.15, -0.1) is 0 Å². The Hall–Kier alpha value is -3.05. The van der Waals surface area contributed by atoms with E-state index in [1.807, 2.05) is 25.1 Å². The van der Waals surface area contributed by atoms with Gasteiger partial charge in [0.2, 0.25) is 10.0 Å². The fourth-order valence-electron chi connectivity index (χ4n) is 2.35. The van der Waals surface area contributed by atoms with Gasteiger partial charge in [-0.2, -0.15) is 0 Å². The van der Waals surface area contributed by atoms with Crippen LogP contribution in [0.15, 0.2) is 47.4 Å². The van der Waals surface area contributed by atoms with Crippen LogP contribution in [-0.4, -0.2) is 46.6 Å². The molecule has 2 rings (SSSR count). The molecular formula is C20H22F2N2O6S. The predicted octanol–water partition coefficient (Wildman–Crippen LogP) is 1.68. The molecule has 0 unspecified atom stereocenters. The molecule has 0 radical (unpaired) electrons. The third kappa shape index (κ3) is 8.30. The quantitative estimate of drug-likeness (QED) is 0.393. The van der Waals surface area contributed by atoms with Crippen molar-refractivity contribution in [2.75, 3.05) is 26.3 Å². The first-order valence-electron chi connectivity index (χ1n) is 9.24. The number of ether oxygens (including phenoxy) is 2. The summed E-state index contributed by atoms with van der Waals surface area (Å²) in [5.74, 6) is -3.16. The summed E-state index contributed by atoms with van der Waals surface area (Å²) >= 11 is 0. The number of carbonyl (C=O) groups excluding carboxylic acids is 2. The number of esters is 1.